The molecule has 1 aliphatic heterocycles. The Morgan fingerprint density at radius 2 is 1.84 bits per heavy atom. The summed E-state index contributed by atoms with van der Waals surface area (Å²) in [5.74, 6) is 1.63. The summed E-state index contributed by atoms with van der Waals surface area (Å²) in [4.78, 5) is 12.2. The maximum absolute atomic E-state index is 12.2. The van der Waals surface area contributed by atoms with Gasteiger partial charge in [0.25, 0.3) is 0 Å². The van der Waals surface area contributed by atoms with E-state index in [0.717, 1.165) is 44.7 Å². The topological polar surface area (TPSA) is 41.1 Å². The maximum atomic E-state index is 12.2. The van der Waals surface area contributed by atoms with Crippen molar-refractivity contribution in [3.05, 3.63) is 0 Å². The number of amides is 1. The van der Waals surface area contributed by atoms with Crippen LogP contribution in [-0.4, -0.2) is 25.0 Å². The number of nitrogens with one attached hydrogen (secondary N) is 2. The molecule has 0 aromatic heterocycles. The van der Waals surface area contributed by atoms with E-state index in [2.05, 4.69) is 17.6 Å². The summed E-state index contributed by atoms with van der Waals surface area (Å²) in [6.07, 6.45) is 10.9. The van der Waals surface area contributed by atoms with E-state index in [1.807, 2.05) is 0 Å². The van der Waals surface area contributed by atoms with Crippen LogP contribution in [-0.2, 0) is 4.79 Å². The van der Waals surface area contributed by atoms with Crippen LogP contribution in [0.25, 0.3) is 0 Å². The molecule has 3 nitrogen and oxygen atoms in total. The lowest BCUT2D eigenvalue weighted by Gasteiger charge is -2.31. The third kappa shape index (κ3) is 4.79. The maximum Gasteiger partial charge on any atom is 0.220 e. The fraction of sp³-hybridized carbons (Fsp3) is 0.938. The van der Waals surface area contributed by atoms with Crippen LogP contribution in [0.15, 0.2) is 0 Å². The molecule has 19 heavy (non-hydrogen) atoms. The molecule has 2 rings (SSSR count). The van der Waals surface area contributed by atoms with Crippen LogP contribution >= 0.6 is 0 Å². The zero-order valence-electron chi connectivity index (χ0n) is 12.4. The van der Waals surface area contributed by atoms with E-state index < -0.39 is 0 Å². The zero-order valence-corrected chi connectivity index (χ0v) is 12.4. The molecule has 1 saturated carbocycles. The molecule has 110 valence electrons. The molecule has 1 aliphatic carbocycles. The van der Waals surface area contributed by atoms with Crippen molar-refractivity contribution in [3.8, 4) is 0 Å². The van der Waals surface area contributed by atoms with Crippen LogP contribution in [0.5, 0.6) is 0 Å². The molecule has 0 bridgehead atoms. The molecule has 2 aliphatic rings. The average Bonchev–Trinajstić information content (AvgIpc) is 2.47. The van der Waals surface area contributed by atoms with Crippen LogP contribution in [0.4, 0.5) is 0 Å². The lowest BCUT2D eigenvalue weighted by Crippen LogP contribution is -2.42. The van der Waals surface area contributed by atoms with Gasteiger partial charge in [0, 0.05) is 12.5 Å². The summed E-state index contributed by atoms with van der Waals surface area (Å²) in [7, 11) is 0. The first-order chi connectivity index (χ1) is 9.29. The van der Waals surface area contributed by atoms with Gasteiger partial charge in [0.1, 0.15) is 0 Å². The van der Waals surface area contributed by atoms with Crippen molar-refractivity contribution in [3.63, 3.8) is 0 Å². The van der Waals surface area contributed by atoms with Gasteiger partial charge in [0.05, 0.1) is 0 Å². The molecule has 2 fully saturated rings. The quantitative estimate of drug-likeness (QED) is 0.803. The van der Waals surface area contributed by atoms with E-state index in [4.69, 9.17) is 0 Å². The van der Waals surface area contributed by atoms with Gasteiger partial charge in [-0.3, -0.25) is 4.79 Å². The summed E-state index contributed by atoms with van der Waals surface area (Å²) in [6, 6.07) is 0.425. The fourth-order valence-corrected chi connectivity index (χ4v) is 3.70. The van der Waals surface area contributed by atoms with Crippen molar-refractivity contribution in [2.45, 2.75) is 70.8 Å². The Morgan fingerprint density at radius 1 is 1.16 bits per heavy atom. The van der Waals surface area contributed by atoms with Gasteiger partial charge in [-0.1, -0.05) is 26.2 Å². The minimum absolute atomic E-state index is 0.296. The molecular formula is C16H30N2O. The molecule has 1 amide bonds. The van der Waals surface area contributed by atoms with E-state index in [-0.39, 0.29) is 0 Å². The predicted octanol–water partition coefficient (Wildman–Crippen LogP) is 2.85. The Labute approximate surface area is 117 Å². The minimum Gasteiger partial charge on any atom is -0.353 e. The highest BCUT2D eigenvalue weighted by Crippen LogP contribution is 2.28. The molecule has 0 aromatic carbocycles. The Morgan fingerprint density at radius 3 is 2.47 bits per heavy atom. The monoisotopic (exact) mass is 266 g/mol. The van der Waals surface area contributed by atoms with Crippen molar-refractivity contribution in [2.24, 2.45) is 11.8 Å². The number of hydrogen-bond donors (Lipinski definition) is 2. The molecule has 0 radical (unpaired) electrons. The summed E-state index contributed by atoms with van der Waals surface area (Å²) in [6.45, 7) is 4.37. The largest absolute Gasteiger partial charge is 0.353 e. The first kappa shape index (κ1) is 14.8. The Kier molecular flexibility index (Phi) is 6.15. The van der Waals surface area contributed by atoms with Crippen LogP contribution < -0.4 is 10.6 Å². The average molecular weight is 266 g/mol. The standard InChI is InChI=1S/C16H30N2O/c1-2-15(14-6-4-3-5-7-14)18-16(19)12-13-8-10-17-11-9-13/h13-15,17H,2-12H2,1H3,(H,18,19). The molecule has 3 heteroatoms. The van der Waals surface area contributed by atoms with Crippen molar-refractivity contribution >= 4 is 5.91 Å². The molecule has 1 heterocycles. The first-order valence-corrected chi connectivity index (χ1v) is 8.29. The minimum atomic E-state index is 0.296. The molecule has 1 atom stereocenters. The molecular weight excluding hydrogens is 236 g/mol. The van der Waals surface area contributed by atoms with Gasteiger partial charge in [0.15, 0.2) is 0 Å². The van der Waals surface area contributed by atoms with E-state index in [9.17, 15) is 4.79 Å². The highest BCUT2D eigenvalue weighted by molar-refractivity contribution is 5.76. The van der Waals surface area contributed by atoms with Crippen molar-refractivity contribution in [1.82, 2.24) is 10.6 Å². The van der Waals surface area contributed by atoms with Gasteiger partial charge in [-0.2, -0.15) is 0 Å². The van der Waals surface area contributed by atoms with Gasteiger partial charge >= 0.3 is 0 Å². The summed E-state index contributed by atoms with van der Waals surface area (Å²) >= 11 is 0. The number of rotatable bonds is 5. The van der Waals surface area contributed by atoms with Crippen LogP contribution in [0.3, 0.4) is 0 Å². The summed E-state index contributed by atoms with van der Waals surface area (Å²) in [5, 5.41) is 6.68. The van der Waals surface area contributed by atoms with Gasteiger partial charge < -0.3 is 10.6 Å². The van der Waals surface area contributed by atoms with E-state index in [0.29, 0.717) is 17.9 Å². The van der Waals surface area contributed by atoms with Crippen molar-refractivity contribution in [2.75, 3.05) is 13.1 Å². The van der Waals surface area contributed by atoms with Crippen LogP contribution in [0.2, 0.25) is 0 Å². The summed E-state index contributed by atoms with van der Waals surface area (Å²) < 4.78 is 0. The fourth-order valence-electron chi connectivity index (χ4n) is 3.70. The lowest BCUT2D eigenvalue weighted by molar-refractivity contribution is -0.123. The Hall–Kier alpha value is -0.570. The first-order valence-electron chi connectivity index (χ1n) is 8.29. The second kappa shape index (κ2) is 7.88. The molecule has 1 saturated heterocycles. The van der Waals surface area contributed by atoms with E-state index >= 15 is 0 Å². The van der Waals surface area contributed by atoms with Crippen LogP contribution in [0, 0.1) is 11.8 Å². The van der Waals surface area contributed by atoms with Gasteiger partial charge in [0.2, 0.25) is 5.91 Å². The lowest BCUT2D eigenvalue weighted by atomic mass is 9.82. The number of carbonyl (C=O) groups excluding carboxylic acids is 1. The SMILES string of the molecule is CCC(NC(=O)CC1CCNCC1)C1CCCCC1. The predicted molar refractivity (Wildman–Crippen MR) is 79.0 cm³/mol. The normalized spacial score (nSPS) is 24.1. The second-order valence-electron chi connectivity index (χ2n) is 6.38. The smallest absolute Gasteiger partial charge is 0.220 e. The van der Waals surface area contributed by atoms with Crippen molar-refractivity contribution < 1.29 is 4.79 Å². The van der Waals surface area contributed by atoms with Gasteiger partial charge in [-0.25, -0.2) is 0 Å². The number of hydrogen-bond acceptors (Lipinski definition) is 2. The number of piperidine rings is 1. The molecule has 0 aromatic rings. The third-order valence-electron chi connectivity index (χ3n) is 4.94. The highest BCUT2D eigenvalue weighted by atomic mass is 16.1. The Balaban J connectivity index is 1.74. The second-order valence-corrected chi connectivity index (χ2v) is 6.38. The number of carbonyl (C=O) groups is 1. The Bertz CT molecular complexity index is 268. The van der Waals surface area contributed by atoms with Crippen molar-refractivity contribution in [1.29, 1.82) is 0 Å². The van der Waals surface area contributed by atoms with Gasteiger partial charge in [-0.15, -0.1) is 0 Å². The van der Waals surface area contributed by atoms with E-state index in [1.165, 1.54) is 32.1 Å². The van der Waals surface area contributed by atoms with Gasteiger partial charge in [-0.05, 0) is 57.0 Å². The van der Waals surface area contributed by atoms with E-state index in [1.54, 1.807) is 0 Å². The summed E-state index contributed by atoms with van der Waals surface area (Å²) in [5.41, 5.74) is 0. The highest BCUT2D eigenvalue weighted by Gasteiger charge is 2.25. The third-order valence-corrected chi connectivity index (χ3v) is 4.94. The molecule has 0 spiro atoms. The van der Waals surface area contributed by atoms with Crippen LogP contribution in [0.1, 0.15) is 64.7 Å². The molecule has 1 unspecified atom stereocenters. The zero-order chi connectivity index (χ0) is 13.5. The molecule has 2 N–H and O–H groups in total.